The van der Waals surface area contributed by atoms with Gasteiger partial charge in [0.15, 0.2) is 0 Å². The summed E-state index contributed by atoms with van der Waals surface area (Å²) in [5.74, 6) is -0.120. The Morgan fingerprint density at radius 1 is 0.857 bits per heavy atom. The fraction of sp³-hybridized carbons (Fsp3) is 0.261. The maximum absolute atomic E-state index is 13.6. The normalized spacial score (nSPS) is 21.6. The van der Waals surface area contributed by atoms with Crippen LogP contribution in [-0.4, -0.2) is 39.4 Å². The monoisotopic (exact) mass is 375 g/mol. The zero-order valence-corrected chi connectivity index (χ0v) is 15.5. The summed E-state index contributed by atoms with van der Waals surface area (Å²) in [7, 11) is 0. The van der Waals surface area contributed by atoms with Gasteiger partial charge in [0.25, 0.3) is 5.91 Å². The Balaban J connectivity index is 1.43. The molecule has 0 spiro atoms. The molecule has 3 heterocycles. The lowest BCUT2D eigenvalue weighted by atomic mass is 10.0. The van der Waals surface area contributed by atoms with Crippen molar-refractivity contribution < 1.29 is 9.18 Å². The summed E-state index contributed by atoms with van der Waals surface area (Å²) in [5, 5.41) is 0. The van der Waals surface area contributed by atoms with Crippen molar-refractivity contribution >= 4 is 5.91 Å². The number of rotatable bonds is 4. The first kappa shape index (κ1) is 17.2. The first-order chi connectivity index (χ1) is 13.7. The van der Waals surface area contributed by atoms with Crippen LogP contribution in [0.25, 0.3) is 0 Å². The molecule has 1 amide bonds. The summed E-state index contributed by atoms with van der Waals surface area (Å²) in [6.45, 7) is 2.94. The van der Waals surface area contributed by atoms with Crippen molar-refractivity contribution in [3.05, 3.63) is 95.6 Å². The molecule has 2 aliphatic rings. The van der Waals surface area contributed by atoms with Crippen molar-refractivity contribution in [2.75, 3.05) is 13.1 Å². The van der Waals surface area contributed by atoms with Gasteiger partial charge in [0, 0.05) is 32.4 Å². The highest BCUT2D eigenvalue weighted by molar-refractivity contribution is 5.94. The lowest BCUT2D eigenvalue weighted by Gasteiger charge is -2.38. The molecule has 0 aliphatic carbocycles. The number of amides is 1. The van der Waals surface area contributed by atoms with E-state index in [1.165, 1.54) is 6.07 Å². The predicted octanol–water partition coefficient (Wildman–Crippen LogP) is 3.71. The SMILES string of the molecule is O=C1c2cccn2[C@@H]2CN(Cc3cccc(F)c3)C[C@H]2N1Cc1ccccc1. The smallest absolute Gasteiger partial charge is 0.271 e. The van der Waals surface area contributed by atoms with Crippen LogP contribution in [0.2, 0.25) is 0 Å². The number of aromatic nitrogens is 1. The molecule has 2 atom stereocenters. The summed E-state index contributed by atoms with van der Waals surface area (Å²) in [6, 6.07) is 21.1. The van der Waals surface area contributed by atoms with Crippen LogP contribution in [0.3, 0.4) is 0 Å². The van der Waals surface area contributed by atoms with E-state index in [0.717, 1.165) is 29.9 Å². The Morgan fingerprint density at radius 3 is 2.46 bits per heavy atom. The van der Waals surface area contributed by atoms with Gasteiger partial charge in [0.1, 0.15) is 11.5 Å². The van der Waals surface area contributed by atoms with E-state index in [4.69, 9.17) is 0 Å². The van der Waals surface area contributed by atoms with Gasteiger partial charge in [-0.05, 0) is 35.4 Å². The van der Waals surface area contributed by atoms with Crippen molar-refractivity contribution in [1.82, 2.24) is 14.4 Å². The third-order valence-electron chi connectivity index (χ3n) is 5.84. The number of halogens is 1. The highest BCUT2D eigenvalue weighted by Gasteiger charge is 2.44. The molecule has 0 saturated carbocycles. The Kier molecular flexibility index (Phi) is 4.24. The van der Waals surface area contributed by atoms with Crippen molar-refractivity contribution in [3.8, 4) is 0 Å². The molecule has 28 heavy (non-hydrogen) atoms. The van der Waals surface area contributed by atoms with Gasteiger partial charge in [-0.2, -0.15) is 0 Å². The van der Waals surface area contributed by atoms with Crippen LogP contribution in [0.5, 0.6) is 0 Å². The summed E-state index contributed by atoms with van der Waals surface area (Å²) >= 11 is 0. The fourth-order valence-corrected chi connectivity index (χ4v) is 4.58. The molecule has 1 aromatic heterocycles. The van der Waals surface area contributed by atoms with Gasteiger partial charge in [0.05, 0.1) is 12.1 Å². The second kappa shape index (κ2) is 6.91. The first-order valence-electron chi connectivity index (χ1n) is 9.67. The van der Waals surface area contributed by atoms with E-state index >= 15 is 0 Å². The van der Waals surface area contributed by atoms with E-state index in [1.54, 1.807) is 12.1 Å². The molecule has 1 saturated heterocycles. The van der Waals surface area contributed by atoms with E-state index in [1.807, 2.05) is 47.5 Å². The number of carbonyl (C=O) groups is 1. The highest BCUT2D eigenvalue weighted by Crippen LogP contribution is 2.35. The molecule has 2 aliphatic heterocycles. The lowest BCUT2D eigenvalue weighted by molar-refractivity contribution is 0.0556. The number of hydrogen-bond acceptors (Lipinski definition) is 2. The van der Waals surface area contributed by atoms with E-state index in [2.05, 4.69) is 21.6 Å². The third kappa shape index (κ3) is 3.02. The highest BCUT2D eigenvalue weighted by atomic mass is 19.1. The molecule has 0 unspecified atom stereocenters. The van der Waals surface area contributed by atoms with Gasteiger partial charge in [-0.3, -0.25) is 9.69 Å². The molecule has 142 valence electrons. The maximum Gasteiger partial charge on any atom is 0.271 e. The van der Waals surface area contributed by atoms with Crippen LogP contribution in [-0.2, 0) is 13.1 Å². The first-order valence-corrected chi connectivity index (χ1v) is 9.67. The average Bonchev–Trinajstić information content (AvgIpc) is 3.33. The average molecular weight is 375 g/mol. The molecule has 4 nitrogen and oxygen atoms in total. The summed E-state index contributed by atoms with van der Waals surface area (Å²) in [4.78, 5) is 17.5. The van der Waals surface area contributed by atoms with Crippen LogP contribution >= 0.6 is 0 Å². The Labute approximate surface area is 163 Å². The number of likely N-dealkylation sites (tertiary alicyclic amines) is 1. The quantitative estimate of drug-likeness (QED) is 0.696. The Hall–Kier alpha value is -2.92. The molecule has 0 radical (unpaired) electrons. The van der Waals surface area contributed by atoms with Crippen LogP contribution in [0, 0.1) is 5.82 Å². The van der Waals surface area contributed by atoms with E-state index in [9.17, 15) is 9.18 Å². The van der Waals surface area contributed by atoms with Crippen molar-refractivity contribution in [2.45, 2.75) is 25.2 Å². The van der Waals surface area contributed by atoms with Crippen LogP contribution in [0.1, 0.15) is 27.7 Å². The molecule has 5 rings (SSSR count). The fourth-order valence-electron chi connectivity index (χ4n) is 4.58. The minimum Gasteiger partial charge on any atom is -0.337 e. The van der Waals surface area contributed by atoms with Crippen LogP contribution in [0.15, 0.2) is 72.9 Å². The predicted molar refractivity (Wildman–Crippen MR) is 105 cm³/mol. The minimum atomic E-state index is -0.206. The number of carbonyl (C=O) groups excluding carboxylic acids is 1. The summed E-state index contributed by atoms with van der Waals surface area (Å²) in [6.07, 6.45) is 2.01. The van der Waals surface area contributed by atoms with E-state index in [0.29, 0.717) is 13.1 Å². The number of benzene rings is 2. The van der Waals surface area contributed by atoms with E-state index in [-0.39, 0.29) is 23.8 Å². The molecule has 1 fully saturated rings. The summed E-state index contributed by atoms with van der Waals surface area (Å²) in [5.41, 5.74) is 2.86. The zero-order valence-electron chi connectivity index (χ0n) is 15.5. The van der Waals surface area contributed by atoms with Crippen LogP contribution < -0.4 is 0 Å². The standard InChI is InChI=1S/C23H22FN3O/c24-19-9-4-8-18(12-19)13-25-15-21-22(16-25)27(14-17-6-2-1-3-7-17)23(28)20-10-5-11-26(20)21/h1-12,21-22H,13-16H2/t21-,22-/m1/s1. The second-order valence-corrected chi connectivity index (χ2v) is 7.68. The van der Waals surface area contributed by atoms with Gasteiger partial charge in [-0.1, -0.05) is 42.5 Å². The molecule has 3 aromatic rings. The third-order valence-corrected chi connectivity index (χ3v) is 5.84. The number of nitrogens with zero attached hydrogens (tertiary/aromatic N) is 3. The molecular weight excluding hydrogens is 353 g/mol. The van der Waals surface area contributed by atoms with Gasteiger partial charge in [0.2, 0.25) is 0 Å². The largest absolute Gasteiger partial charge is 0.337 e. The molecule has 2 aromatic carbocycles. The van der Waals surface area contributed by atoms with Gasteiger partial charge >= 0.3 is 0 Å². The Morgan fingerprint density at radius 2 is 1.64 bits per heavy atom. The van der Waals surface area contributed by atoms with Crippen molar-refractivity contribution in [2.24, 2.45) is 0 Å². The number of hydrogen-bond donors (Lipinski definition) is 0. The molecule has 5 heteroatoms. The van der Waals surface area contributed by atoms with Crippen molar-refractivity contribution in [1.29, 1.82) is 0 Å². The van der Waals surface area contributed by atoms with Gasteiger partial charge < -0.3 is 9.47 Å². The maximum atomic E-state index is 13.6. The van der Waals surface area contributed by atoms with E-state index < -0.39 is 0 Å². The lowest BCUT2D eigenvalue weighted by Crippen LogP contribution is -2.49. The van der Waals surface area contributed by atoms with Gasteiger partial charge in [-0.15, -0.1) is 0 Å². The minimum absolute atomic E-state index is 0.0858. The molecule has 0 N–H and O–H groups in total. The van der Waals surface area contributed by atoms with Gasteiger partial charge in [-0.25, -0.2) is 4.39 Å². The Bertz CT molecular complexity index is 1000. The van der Waals surface area contributed by atoms with Crippen LogP contribution in [0.4, 0.5) is 4.39 Å². The summed E-state index contributed by atoms with van der Waals surface area (Å²) < 4.78 is 15.7. The molecular formula is C23H22FN3O. The number of fused-ring (bicyclic) bond motifs is 3. The molecule has 0 bridgehead atoms. The van der Waals surface area contributed by atoms with Crippen molar-refractivity contribution in [3.63, 3.8) is 0 Å². The topological polar surface area (TPSA) is 28.5 Å². The zero-order chi connectivity index (χ0) is 19.1. The second-order valence-electron chi connectivity index (χ2n) is 7.68.